The number of carbonyl (C=O) groups excluding carboxylic acids is 2. The van der Waals surface area contributed by atoms with Crippen molar-refractivity contribution in [3.63, 3.8) is 0 Å². The lowest BCUT2D eigenvalue weighted by molar-refractivity contribution is -0.123. The van der Waals surface area contributed by atoms with E-state index in [1.54, 1.807) is 48.2 Å². The molecule has 1 saturated heterocycles. The Kier molecular flexibility index (Phi) is 5.82. The van der Waals surface area contributed by atoms with Crippen molar-refractivity contribution in [3.8, 4) is 11.3 Å². The van der Waals surface area contributed by atoms with Crippen LogP contribution in [0.15, 0.2) is 45.7 Å². The van der Waals surface area contributed by atoms with Gasteiger partial charge in [-0.25, -0.2) is 4.79 Å². The number of rotatable bonds is 5. The van der Waals surface area contributed by atoms with Gasteiger partial charge in [-0.2, -0.15) is 0 Å². The highest BCUT2D eigenvalue weighted by atomic mass is 32.2. The van der Waals surface area contributed by atoms with Crippen LogP contribution in [0.3, 0.4) is 0 Å². The average molecular weight is 402 g/mol. The predicted molar refractivity (Wildman–Crippen MR) is 110 cm³/mol. The topological polar surface area (TPSA) is 59.8 Å². The predicted octanol–water partition coefficient (Wildman–Crippen LogP) is 4.73. The highest BCUT2D eigenvalue weighted by molar-refractivity contribution is 8.26. The van der Waals surface area contributed by atoms with Gasteiger partial charge in [0, 0.05) is 17.7 Å². The standard InChI is InChI=1S/C20H19NO4S2/c1-4-24-19(23)14-7-5-13(6-8-14)16-10-9-15(25-16)11-17-18(22)21(12(2)3)20(26)27-17/h5-12H,4H2,1-3H3/b17-11-. The van der Waals surface area contributed by atoms with Crippen molar-refractivity contribution in [3.05, 3.63) is 52.6 Å². The largest absolute Gasteiger partial charge is 0.462 e. The maximum atomic E-state index is 12.5. The number of carbonyl (C=O) groups is 2. The number of hydrogen-bond acceptors (Lipinski definition) is 6. The van der Waals surface area contributed by atoms with E-state index in [1.165, 1.54) is 11.8 Å². The summed E-state index contributed by atoms with van der Waals surface area (Å²) in [6.07, 6.45) is 1.71. The van der Waals surface area contributed by atoms with Crippen molar-refractivity contribution in [1.29, 1.82) is 0 Å². The lowest BCUT2D eigenvalue weighted by atomic mass is 10.1. The summed E-state index contributed by atoms with van der Waals surface area (Å²) in [4.78, 5) is 26.3. The molecule has 0 bridgehead atoms. The van der Waals surface area contributed by atoms with E-state index in [-0.39, 0.29) is 17.9 Å². The van der Waals surface area contributed by atoms with Gasteiger partial charge in [0.25, 0.3) is 5.91 Å². The van der Waals surface area contributed by atoms with Crippen LogP contribution in [0.2, 0.25) is 0 Å². The van der Waals surface area contributed by atoms with E-state index < -0.39 is 0 Å². The number of amides is 1. The highest BCUT2D eigenvalue weighted by Crippen LogP contribution is 2.34. The molecule has 1 amide bonds. The van der Waals surface area contributed by atoms with Gasteiger partial charge in [-0.1, -0.05) is 36.1 Å². The van der Waals surface area contributed by atoms with E-state index in [2.05, 4.69) is 0 Å². The summed E-state index contributed by atoms with van der Waals surface area (Å²) in [7, 11) is 0. The Hall–Kier alpha value is -2.38. The number of ether oxygens (including phenoxy) is 1. The van der Waals surface area contributed by atoms with Gasteiger partial charge in [0.05, 0.1) is 17.1 Å². The first-order chi connectivity index (χ1) is 12.9. The summed E-state index contributed by atoms with van der Waals surface area (Å²) in [6.45, 7) is 5.97. The zero-order valence-electron chi connectivity index (χ0n) is 15.2. The minimum Gasteiger partial charge on any atom is -0.462 e. The second kappa shape index (κ2) is 8.10. The van der Waals surface area contributed by atoms with Gasteiger partial charge < -0.3 is 9.15 Å². The molecule has 140 valence electrons. The van der Waals surface area contributed by atoms with E-state index in [0.29, 0.717) is 32.9 Å². The van der Waals surface area contributed by atoms with Crippen LogP contribution in [-0.4, -0.2) is 33.7 Å². The highest BCUT2D eigenvalue weighted by Gasteiger charge is 2.33. The van der Waals surface area contributed by atoms with E-state index >= 15 is 0 Å². The van der Waals surface area contributed by atoms with Gasteiger partial charge in [-0.15, -0.1) is 0 Å². The lowest BCUT2D eigenvalue weighted by Crippen LogP contribution is -2.34. The molecule has 5 nitrogen and oxygen atoms in total. The number of benzene rings is 1. The van der Waals surface area contributed by atoms with E-state index in [9.17, 15) is 9.59 Å². The Morgan fingerprint density at radius 3 is 2.56 bits per heavy atom. The van der Waals surface area contributed by atoms with Crippen molar-refractivity contribution in [2.24, 2.45) is 0 Å². The molecule has 0 saturated carbocycles. The zero-order valence-corrected chi connectivity index (χ0v) is 16.9. The molecule has 0 N–H and O–H groups in total. The van der Waals surface area contributed by atoms with Crippen molar-refractivity contribution in [2.75, 3.05) is 6.61 Å². The van der Waals surface area contributed by atoms with Crippen molar-refractivity contribution >= 4 is 46.3 Å². The monoisotopic (exact) mass is 401 g/mol. The van der Waals surface area contributed by atoms with Crippen LogP contribution in [0.4, 0.5) is 0 Å². The third-order valence-corrected chi connectivity index (χ3v) is 5.25. The van der Waals surface area contributed by atoms with Crippen molar-refractivity contribution < 1.29 is 18.7 Å². The SMILES string of the molecule is CCOC(=O)c1ccc(-c2ccc(/C=C3\SC(=S)N(C(C)C)C3=O)o2)cc1. The molecule has 1 aliphatic heterocycles. The summed E-state index contributed by atoms with van der Waals surface area (Å²) in [5.41, 5.74) is 1.32. The van der Waals surface area contributed by atoms with Gasteiger partial charge in [0.1, 0.15) is 15.8 Å². The number of thioether (sulfide) groups is 1. The van der Waals surface area contributed by atoms with Crippen LogP contribution in [0.25, 0.3) is 17.4 Å². The normalized spacial score (nSPS) is 15.9. The molecule has 0 unspecified atom stereocenters. The summed E-state index contributed by atoms with van der Waals surface area (Å²) < 4.78 is 11.4. The molecule has 0 aliphatic carbocycles. The molecule has 1 aromatic carbocycles. The Morgan fingerprint density at radius 1 is 1.26 bits per heavy atom. The average Bonchev–Trinajstić information content (AvgIpc) is 3.20. The Morgan fingerprint density at radius 2 is 1.96 bits per heavy atom. The summed E-state index contributed by atoms with van der Waals surface area (Å²) in [5.74, 6) is 0.771. The van der Waals surface area contributed by atoms with Crippen LogP contribution in [0.5, 0.6) is 0 Å². The Balaban J connectivity index is 1.78. The molecule has 27 heavy (non-hydrogen) atoms. The first kappa shape index (κ1) is 19.4. The molecule has 3 rings (SSSR count). The lowest BCUT2D eigenvalue weighted by Gasteiger charge is -2.18. The third-order valence-electron chi connectivity index (χ3n) is 3.92. The molecule has 2 aromatic rings. The summed E-state index contributed by atoms with van der Waals surface area (Å²) in [5, 5.41) is 0. The number of thiocarbonyl (C=S) groups is 1. The number of nitrogens with zero attached hydrogens (tertiary/aromatic N) is 1. The van der Waals surface area contributed by atoms with Gasteiger partial charge in [0.15, 0.2) is 0 Å². The fraction of sp³-hybridized carbons (Fsp3) is 0.250. The van der Waals surface area contributed by atoms with Crippen LogP contribution in [0, 0.1) is 0 Å². The van der Waals surface area contributed by atoms with Gasteiger partial charge in [-0.3, -0.25) is 9.69 Å². The molecule has 1 fully saturated rings. The van der Waals surface area contributed by atoms with E-state index in [0.717, 1.165) is 5.56 Å². The zero-order chi connectivity index (χ0) is 19.6. The second-order valence-electron chi connectivity index (χ2n) is 6.15. The number of furan rings is 1. The van der Waals surface area contributed by atoms with Gasteiger partial charge in [-0.05, 0) is 45.0 Å². The van der Waals surface area contributed by atoms with Gasteiger partial charge in [0.2, 0.25) is 0 Å². The summed E-state index contributed by atoms with van der Waals surface area (Å²) >= 11 is 6.56. The van der Waals surface area contributed by atoms with Crippen LogP contribution in [0.1, 0.15) is 36.9 Å². The van der Waals surface area contributed by atoms with E-state index in [4.69, 9.17) is 21.4 Å². The number of hydrogen-bond donors (Lipinski definition) is 0. The van der Waals surface area contributed by atoms with Gasteiger partial charge >= 0.3 is 5.97 Å². The smallest absolute Gasteiger partial charge is 0.338 e. The molecular weight excluding hydrogens is 382 g/mol. The Labute approximate surface area is 167 Å². The van der Waals surface area contributed by atoms with Crippen LogP contribution < -0.4 is 0 Å². The molecule has 0 atom stereocenters. The molecule has 0 radical (unpaired) electrons. The van der Waals surface area contributed by atoms with Crippen molar-refractivity contribution in [2.45, 2.75) is 26.8 Å². The minimum absolute atomic E-state index is 0.0217. The van der Waals surface area contributed by atoms with E-state index in [1.807, 2.05) is 19.9 Å². The molecule has 1 aliphatic rings. The quantitative estimate of drug-likeness (QED) is 0.410. The first-order valence-electron chi connectivity index (χ1n) is 8.55. The number of esters is 1. The molecule has 1 aromatic heterocycles. The maximum Gasteiger partial charge on any atom is 0.338 e. The first-order valence-corrected chi connectivity index (χ1v) is 9.77. The molecular formula is C20H19NO4S2. The second-order valence-corrected chi connectivity index (χ2v) is 7.82. The maximum absolute atomic E-state index is 12.5. The van der Waals surface area contributed by atoms with Crippen LogP contribution >= 0.6 is 24.0 Å². The van der Waals surface area contributed by atoms with Crippen molar-refractivity contribution in [1.82, 2.24) is 4.90 Å². The Bertz CT molecular complexity index is 912. The molecule has 0 spiro atoms. The fourth-order valence-electron chi connectivity index (χ4n) is 2.62. The summed E-state index contributed by atoms with van der Waals surface area (Å²) in [6, 6.07) is 10.6. The fourth-order valence-corrected chi connectivity index (χ4v) is 4.13. The minimum atomic E-state index is -0.351. The van der Waals surface area contributed by atoms with Crippen LogP contribution in [-0.2, 0) is 9.53 Å². The third kappa shape index (κ3) is 4.14. The molecule has 7 heteroatoms. The molecule has 2 heterocycles.